The van der Waals surface area contributed by atoms with E-state index >= 15 is 0 Å². The standard InChI is InChI=1S/C18H16ClFN6O3/c1-29-14-5-3-2-4-13(14)23-15(27)9-26-17(21)16(24-25-26)18(28)22-10-6-7-12(20)11(19)8-10/h2-8H,9,21H2,1H3,(H,22,28)(H,23,27). The number of hydrogen-bond acceptors (Lipinski definition) is 6. The van der Waals surface area contributed by atoms with Crippen molar-refractivity contribution in [3.63, 3.8) is 0 Å². The molecule has 11 heteroatoms. The smallest absolute Gasteiger partial charge is 0.280 e. The van der Waals surface area contributed by atoms with Gasteiger partial charge in [-0.25, -0.2) is 9.07 Å². The maximum absolute atomic E-state index is 13.2. The molecule has 0 saturated heterocycles. The van der Waals surface area contributed by atoms with Gasteiger partial charge in [-0.2, -0.15) is 0 Å². The van der Waals surface area contributed by atoms with Crippen LogP contribution in [0, 0.1) is 5.82 Å². The van der Waals surface area contributed by atoms with Crippen molar-refractivity contribution >= 4 is 40.6 Å². The summed E-state index contributed by atoms with van der Waals surface area (Å²) in [5.74, 6) is -1.35. The Morgan fingerprint density at radius 1 is 1.24 bits per heavy atom. The molecule has 0 radical (unpaired) electrons. The highest BCUT2D eigenvalue weighted by Gasteiger charge is 2.20. The molecule has 1 heterocycles. The van der Waals surface area contributed by atoms with Crippen molar-refractivity contribution in [1.29, 1.82) is 0 Å². The van der Waals surface area contributed by atoms with Crippen LogP contribution in [-0.4, -0.2) is 33.9 Å². The van der Waals surface area contributed by atoms with Crippen molar-refractivity contribution in [3.8, 4) is 5.75 Å². The second kappa shape index (κ2) is 8.57. The Balaban J connectivity index is 1.69. The van der Waals surface area contributed by atoms with E-state index in [1.807, 2.05) is 0 Å². The maximum Gasteiger partial charge on any atom is 0.280 e. The molecule has 2 amide bonds. The van der Waals surface area contributed by atoms with Crippen LogP contribution in [0.2, 0.25) is 5.02 Å². The van der Waals surface area contributed by atoms with E-state index < -0.39 is 17.6 Å². The fourth-order valence-electron chi connectivity index (χ4n) is 2.44. The van der Waals surface area contributed by atoms with Gasteiger partial charge in [-0.3, -0.25) is 9.59 Å². The Morgan fingerprint density at radius 2 is 2.00 bits per heavy atom. The molecule has 3 rings (SSSR count). The normalized spacial score (nSPS) is 10.4. The Kier molecular flexibility index (Phi) is 5.93. The molecule has 3 aromatic rings. The molecule has 0 atom stereocenters. The van der Waals surface area contributed by atoms with E-state index in [4.69, 9.17) is 22.1 Å². The van der Waals surface area contributed by atoms with Gasteiger partial charge >= 0.3 is 0 Å². The highest BCUT2D eigenvalue weighted by Crippen LogP contribution is 2.23. The zero-order valence-electron chi connectivity index (χ0n) is 15.1. The molecule has 0 saturated carbocycles. The lowest BCUT2D eigenvalue weighted by Gasteiger charge is -2.10. The zero-order valence-corrected chi connectivity index (χ0v) is 15.9. The van der Waals surface area contributed by atoms with E-state index in [0.29, 0.717) is 11.4 Å². The largest absolute Gasteiger partial charge is 0.495 e. The van der Waals surface area contributed by atoms with Gasteiger partial charge in [0.05, 0.1) is 17.8 Å². The molecule has 0 spiro atoms. The summed E-state index contributed by atoms with van der Waals surface area (Å²) < 4.78 is 19.5. The third-order valence-corrected chi connectivity index (χ3v) is 4.13. The molecule has 9 nitrogen and oxygen atoms in total. The van der Waals surface area contributed by atoms with E-state index in [2.05, 4.69) is 20.9 Å². The summed E-state index contributed by atoms with van der Waals surface area (Å²) in [6.45, 7) is -0.271. The number of para-hydroxylation sites is 2. The number of nitrogen functional groups attached to an aromatic ring is 1. The molecule has 0 aliphatic rings. The first kappa shape index (κ1) is 20.1. The maximum atomic E-state index is 13.2. The van der Waals surface area contributed by atoms with Gasteiger partial charge in [-0.15, -0.1) is 5.10 Å². The second-order valence-electron chi connectivity index (χ2n) is 5.81. The van der Waals surface area contributed by atoms with Crippen molar-refractivity contribution in [2.75, 3.05) is 23.5 Å². The summed E-state index contributed by atoms with van der Waals surface area (Å²) in [6, 6.07) is 10.6. The third-order valence-electron chi connectivity index (χ3n) is 3.84. The Morgan fingerprint density at radius 3 is 2.72 bits per heavy atom. The third kappa shape index (κ3) is 4.61. The molecule has 0 fully saturated rings. The van der Waals surface area contributed by atoms with Crippen LogP contribution in [-0.2, 0) is 11.3 Å². The minimum absolute atomic E-state index is 0.106. The van der Waals surface area contributed by atoms with E-state index in [-0.39, 0.29) is 28.8 Å². The summed E-state index contributed by atoms with van der Waals surface area (Å²) in [7, 11) is 1.49. The summed E-state index contributed by atoms with van der Waals surface area (Å²) in [4.78, 5) is 24.6. The van der Waals surface area contributed by atoms with Crippen LogP contribution in [0.25, 0.3) is 0 Å². The average molecular weight is 419 g/mol. The number of carbonyl (C=O) groups excluding carboxylic acids is 2. The quantitative estimate of drug-likeness (QED) is 0.565. The van der Waals surface area contributed by atoms with Crippen LogP contribution in [0.4, 0.5) is 21.6 Å². The van der Waals surface area contributed by atoms with E-state index in [1.165, 1.54) is 19.2 Å². The first-order chi connectivity index (χ1) is 13.9. The summed E-state index contributed by atoms with van der Waals surface area (Å²) in [5.41, 5.74) is 6.44. The molecular formula is C18H16ClFN6O3. The monoisotopic (exact) mass is 418 g/mol. The molecule has 4 N–H and O–H groups in total. The van der Waals surface area contributed by atoms with E-state index in [9.17, 15) is 14.0 Å². The molecule has 29 heavy (non-hydrogen) atoms. The number of nitrogens with two attached hydrogens (primary N) is 1. The predicted octanol–water partition coefficient (Wildman–Crippen LogP) is 2.55. The Bertz CT molecular complexity index is 1070. The molecule has 1 aromatic heterocycles. The van der Waals surface area contributed by atoms with Crippen LogP contribution in [0.3, 0.4) is 0 Å². The highest BCUT2D eigenvalue weighted by molar-refractivity contribution is 6.31. The average Bonchev–Trinajstić information content (AvgIpc) is 3.05. The van der Waals surface area contributed by atoms with Crippen LogP contribution in [0.5, 0.6) is 5.75 Å². The molecular weight excluding hydrogens is 403 g/mol. The number of rotatable bonds is 6. The highest BCUT2D eigenvalue weighted by atomic mass is 35.5. The molecule has 0 unspecified atom stereocenters. The van der Waals surface area contributed by atoms with Gasteiger partial charge in [-0.05, 0) is 30.3 Å². The molecule has 0 bridgehead atoms. The SMILES string of the molecule is COc1ccccc1NC(=O)Cn1nnc(C(=O)Nc2ccc(F)c(Cl)c2)c1N. The van der Waals surface area contributed by atoms with Crippen LogP contribution in [0.1, 0.15) is 10.5 Å². The lowest BCUT2D eigenvalue weighted by atomic mass is 10.3. The first-order valence-electron chi connectivity index (χ1n) is 8.27. The zero-order chi connectivity index (χ0) is 21.0. The fraction of sp³-hybridized carbons (Fsp3) is 0.111. The number of carbonyl (C=O) groups is 2. The number of amides is 2. The summed E-state index contributed by atoms with van der Waals surface area (Å²) >= 11 is 5.69. The fourth-order valence-corrected chi connectivity index (χ4v) is 2.62. The van der Waals surface area contributed by atoms with E-state index in [0.717, 1.165) is 10.7 Å². The number of nitrogens with one attached hydrogen (secondary N) is 2. The number of halogens is 2. The van der Waals surface area contributed by atoms with Gasteiger partial charge in [0.25, 0.3) is 5.91 Å². The summed E-state index contributed by atoms with van der Waals surface area (Å²) in [6.07, 6.45) is 0. The number of ether oxygens (including phenoxy) is 1. The van der Waals surface area contributed by atoms with Gasteiger partial charge in [0, 0.05) is 5.69 Å². The Labute approximate surface area is 169 Å². The molecule has 2 aromatic carbocycles. The van der Waals surface area contributed by atoms with Crippen molar-refractivity contribution in [1.82, 2.24) is 15.0 Å². The minimum Gasteiger partial charge on any atom is -0.495 e. The summed E-state index contributed by atoms with van der Waals surface area (Å²) in [5, 5.41) is 12.5. The lowest BCUT2D eigenvalue weighted by molar-refractivity contribution is -0.116. The van der Waals surface area contributed by atoms with Crippen molar-refractivity contribution in [3.05, 3.63) is 59.0 Å². The first-order valence-corrected chi connectivity index (χ1v) is 8.65. The van der Waals surface area contributed by atoms with Gasteiger partial charge in [0.2, 0.25) is 5.91 Å². The Hall–Kier alpha value is -3.66. The number of methoxy groups -OCH3 is 1. The van der Waals surface area contributed by atoms with E-state index in [1.54, 1.807) is 24.3 Å². The van der Waals surface area contributed by atoms with Gasteiger partial charge in [0.1, 0.15) is 18.1 Å². The van der Waals surface area contributed by atoms with Crippen molar-refractivity contribution in [2.24, 2.45) is 0 Å². The lowest BCUT2D eigenvalue weighted by Crippen LogP contribution is -2.21. The minimum atomic E-state index is -0.679. The number of aromatic nitrogens is 3. The van der Waals surface area contributed by atoms with Crippen LogP contribution < -0.4 is 21.1 Å². The van der Waals surface area contributed by atoms with Crippen LogP contribution in [0.15, 0.2) is 42.5 Å². The van der Waals surface area contributed by atoms with Crippen molar-refractivity contribution in [2.45, 2.75) is 6.54 Å². The number of anilines is 3. The predicted molar refractivity (Wildman–Crippen MR) is 105 cm³/mol. The van der Waals surface area contributed by atoms with Crippen LogP contribution >= 0.6 is 11.6 Å². The topological polar surface area (TPSA) is 124 Å². The van der Waals surface area contributed by atoms with Gasteiger partial charge in [0.15, 0.2) is 11.5 Å². The second-order valence-corrected chi connectivity index (χ2v) is 6.22. The molecule has 0 aliphatic carbocycles. The van der Waals surface area contributed by atoms with Crippen molar-refractivity contribution < 1.29 is 18.7 Å². The number of benzene rings is 2. The van der Waals surface area contributed by atoms with Gasteiger partial charge < -0.3 is 21.1 Å². The molecule has 0 aliphatic heterocycles. The van der Waals surface area contributed by atoms with Gasteiger partial charge in [-0.1, -0.05) is 28.9 Å². The number of hydrogen-bond donors (Lipinski definition) is 3. The number of nitrogens with zero attached hydrogens (tertiary/aromatic N) is 3. The molecule has 150 valence electrons.